The van der Waals surface area contributed by atoms with Crippen LogP contribution in [0.1, 0.15) is 22.3 Å². The number of carbonyl (C=O) groups excluding carboxylic acids is 2. The van der Waals surface area contributed by atoms with E-state index in [-0.39, 0.29) is 25.4 Å². The Balaban J connectivity index is 1.05. The second-order valence-corrected chi connectivity index (χ2v) is 8.14. The molecule has 0 saturated carbocycles. The molecule has 0 atom stereocenters. The average Bonchev–Trinajstić information content (AvgIpc) is 3.57. The molecule has 0 spiro atoms. The standard InChI is InChI=1S/C28H24N2O6/c31-27(11-7-19-5-9-23-25(13-19)35-17-33-23)29-15-21-1-2-22(4-3-21)16-30-28(32)12-8-20-6-10-24-26(14-20)36-18-34-24/h1-14H,15-18H2,(H,29,31)(H,30,32)/b11-7+,12-8+. The monoisotopic (exact) mass is 484 g/mol. The molecule has 8 nitrogen and oxygen atoms in total. The van der Waals surface area contributed by atoms with Crippen molar-refractivity contribution >= 4 is 24.0 Å². The van der Waals surface area contributed by atoms with E-state index in [4.69, 9.17) is 18.9 Å². The van der Waals surface area contributed by atoms with E-state index in [0.29, 0.717) is 36.1 Å². The molecule has 2 amide bonds. The maximum atomic E-state index is 12.2. The maximum Gasteiger partial charge on any atom is 0.244 e. The van der Waals surface area contributed by atoms with Crippen LogP contribution in [0, 0.1) is 0 Å². The summed E-state index contributed by atoms with van der Waals surface area (Å²) in [5, 5.41) is 5.72. The molecule has 0 aromatic heterocycles. The molecule has 0 fully saturated rings. The average molecular weight is 485 g/mol. The molecule has 0 saturated heterocycles. The molecular formula is C28H24N2O6. The van der Waals surface area contributed by atoms with Crippen LogP contribution in [0.4, 0.5) is 0 Å². The zero-order valence-electron chi connectivity index (χ0n) is 19.4. The summed E-state index contributed by atoms with van der Waals surface area (Å²) >= 11 is 0. The normalized spacial score (nSPS) is 13.3. The van der Waals surface area contributed by atoms with Gasteiger partial charge in [-0.05, 0) is 58.7 Å². The molecule has 182 valence electrons. The zero-order valence-corrected chi connectivity index (χ0v) is 19.4. The SMILES string of the molecule is O=C(/C=C/c1ccc2c(c1)OCO2)NCc1ccc(CNC(=O)/C=C/c2ccc3c(c2)OCO3)cc1. The summed E-state index contributed by atoms with van der Waals surface area (Å²) in [7, 11) is 0. The van der Waals surface area contributed by atoms with Crippen molar-refractivity contribution in [3.63, 3.8) is 0 Å². The third-order valence-corrected chi connectivity index (χ3v) is 5.60. The van der Waals surface area contributed by atoms with Crippen LogP contribution >= 0.6 is 0 Å². The molecule has 5 rings (SSSR count). The molecule has 2 aliphatic heterocycles. The predicted molar refractivity (Wildman–Crippen MR) is 133 cm³/mol. The summed E-state index contributed by atoms with van der Waals surface area (Å²) in [5.74, 6) is 2.37. The number of amides is 2. The lowest BCUT2D eigenvalue weighted by molar-refractivity contribution is -0.117. The van der Waals surface area contributed by atoms with Crippen LogP contribution in [-0.4, -0.2) is 25.4 Å². The van der Waals surface area contributed by atoms with Gasteiger partial charge in [-0.15, -0.1) is 0 Å². The Hall–Kier alpha value is -4.72. The van der Waals surface area contributed by atoms with Crippen LogP contribution in [0.15, 0.2) is 72.8 Å². The zero-order chi connectivity index (χ0) is 24.7. The summed E-state index contributed by atoms with van der Waals surface area (Å²) in [5.41, 5.74) is 3.62. The number of benzene rings is 3. The lowest BCUT2D eigenvalue weighted by Crippen LogP contribution is -2.21. The number of ether oxygens (including phenoxy) is 4. The predicted octanol–water partition coefficient (Wildman–Crippen LogP) is 3.80. The number of rotatable bonds is 8. The molecule has 0 unspecified atom stereocenters. The van der Waals surface area contributed by atoms with E-state index >= 15 is 0 Å². The van der Waals surface area contributed by atoms with Gasteiger partial charge in [0, 0.05) is 25.2 Å². The third-order valence-electron chi connectivity index (χ3n) is 5.60. The highest BCUT2D eigenvalue weighted by molar-refractivity contribution is 5.92. The van der Waals surface area contributed by atoms with E-state index in [0.717, 1.165) is 22.3 Å². The van der Waals surface area contributed by atoms with Gasteiger partial charge in [-0.2, -0.15) is 0 Å². The number of hydrogen-bond donors (Lipinski definition) is 2. The van der Waals surface area contributed by atoms with Crippen molar-refractivity contribution in [2.24, 2.45) is 0 Å². The van der Waals surface area contributed by atoms with Crippen molar-refractivity contribution in [1.82, 2.24) is 10.6 Å². The van der Waals surface area contributed by atoms with Crippen LogP contribution in [0.25, 0.3) is 12.2 Å². The first kappa shape index (κ1) is 23.0. The summed E-state index contributed by atoms with van der Waals surface area (Å²) in [6.45, 7) is 1.23. The van der Waals surface area contributed by atoms with Crippen LogP contribution in [0.5, 0.6) is 23.0 Å². The van der Waals surface area contributed by atoms with Crippen LogP contribution in [0.3, 0.4) is 0 Å². The fourth-order valence-corrected chi connectivity index (χ4v) is 3.65. The number of nitrogens with one attached hydrogen (secondary N) is 2. The topological polar surface area (TPSA) is 95.1 Å². The summed E-state index contributed by atoms with van der Waals surface area (Å²) in [4.78, 5) is 24.3. The summed E-state index contributed by atoms with van der Waals surface area (Å²) in [6.07, 6.45) is 6.42. The molecule has 2 heterocycles. The minimum Gasteiger partial charge on any atom is -0.454 e. The lowest BCUT2D eigenvalue weighted by atomic mass is 10.1. The van der Waals surface area contributed by atoms with Crippen molar-refractivity contribution in [3.8, 4) is 23.0 Å². The highest BCUT2D eigenvalue weighted by Gasteiger charge is 2.13. The molecular weight excluding hydrogens is 460 g/mol. The van der Waals surface area contributed by atoms with Crippen molar-refractivity contribution in [1.29, 1.82) is 0 Å². The first-order valence-electron chi connectivity index (χ1n) is 11.4. The molecule has 36 heavy (non-hydrogen) atoms. The molecule has 3 aromatic rings. The van der Waals surface area contributed by atoms with Crippen molar-refractivity contribution in [3.05, 3.63) is 95.1 Å². The smallest absolute Gasteiger partial charge is 0.244 e. The third kappa shape index (κ3) is 5.85. The Labute approximate surface area is 208 Å². The van der Waals surface area contributed by atoms with Crippen molar-refractivity contribution in [2.45, 2.75) is 13.1 Å². The Kier molecular flexibility index (Phi) is 6.84. The number of carbonyl (C=O) groups is 2. The van der Waals surface area contributed by atoms with Gasteiger partial charge < -0.3 is 29.6 Å². The van der Waals surface area contributed by atoms with E-state index in [2.05, 4.69) is 10.6 Å². The molecule has 8 heteroatoms. The fraction of sp³-hybridized carbons (Fsp3) is 0.143. The van der Waals surface area contributed by atoms with E-state index in [9.17, 15) is 9.59 Å². The Bertz CT molecular complexity index is 1230. The highest BCUT2D eigenvalue weighted by atomic mass is 16.7. The Morgan fingerprint density at radius 3 is 1.47 bits per heavy atom. The second-order valence-electron chi connectivity index (χ2n) is 8.14. The summed E-state index contributed by atoms with van der Waals surface area (Å²) < 4.78 is 21.3. The van der Waals surface area contributed by atoms with Gasteiger partial charge in [0.05, 0.1) is 0 Å². The molecule has 2 aliphatic rings. The van der Waals surface area contributed by atoms with E-state index in [1.165, 1.54) is 12.2 Å². The first-order chi connectivity index (χ1) is 17.6. The minimum atomic E-state index is -0.196. The largest absolute Gasteiger partial charge is 0.454 e. The van der Waals surface area contributed by atoms with Gasteiger partial charge in [0.15, 0.2) is 23.0 Å². The molecule has 0 bridgehead atoms. The second kappa shape index (κ2) is 10.7. The lowest BCUT2D eigenvalue weighted by Gasteiger charge is -2.06. The fourth-order valence-electron chi connectivity index (χ4n) is 3.65. The molecule has 0 radical (unpaired) electrons. The van der Waals surface area contributed by atoms with Gasteiger partial charge in [0.25, 0.3) is 0 Å². The Morgan fingerprint density at radius 1 is 0.611 bits per heavy atom. The maximum absolute atomic E-state index is 12.2. The van der Waals surface area contributed by atoms with E-state index in [1.54, 1.807) is 12.2 Å². The Morgan fingerprint density at radius 2 is 1.03 bits per heavy atom. The van der Waals surface area contributed by atoms with Gasteiger partial charge in [-0.1, -0.05) is 36.4 Å². The van der Waals surface area contributed by atoms with Gasteiger partial charge >= 0.3 is 0 Å². The molecule has 3 aromatic carbocycles. The van der Waals surface area contributed by atoms with Gasteiger partial charge in [0.2, 0.25) is 25.4 Å². The van der Waals surface area contributed by atoms with E-state index < -0.39 is 0 Å². The minimum absolute atomic E-state index is 0.196. The molecule has 2 N–H and O–H groups in total. The quantitative estimate of drug-likeness (QED) is 0.473. The van der Waals surface area contributed by atoms with Crippen molar-refractivity contribution < 1.29 is 28.5 Å². The molecule has 0 aliphatic carbocycles. The highest BCUT2D eigenvalue weighted by Crippen LogP contribution is 2.33. The van der Waals surface area contributed by atoms with E-state index in [1.807, 2.05) is 60.7 Å². The van der Waals surface area contributed by atoms with Crippen LogP contribution in [-0.2, 0) is 22.7 Å². The van der Waals surface area contributed by atoms with Crippen molar-refractivity contribution in [2.75, 3.05) is 13.6 Å². The van der Waals surface area contributed by atoms with Gasteiger partial charge in [-0.25, -0.2) is 0 Å². The van der Waals surface area contributed by atoms with Crippen LogP contribution in [0.2, 0.25) is 0 Å². The summed E-state index contributed by atoms with van der Waals surface area (Å²) in [6, 6.07) is 18.7. The van der Waals surface area contributed by atoms with Crippen LogP contribution < -0.4 is 29.6 Å². The van der Waals surface area contributed by atoms with Gasteiger partial charge in [-0.3, -0.25) is 9.59 Å². The first-order valence-corrected chi connectivity index (χ1v) is 11.4. The van der Waals surface area contributed by atoms with Gasteiger partial charge in [0.1, 0.15) is 0 Å². The number of hydrogen-bond acceptors (Lipinski definition) is 6. The number of fused-ring (bicyclic) bond motifs is 2.